The molecule has 3 heterocycles. The highest BCUT2D eigenvalue weighted by molar-refractivity contribution is 6.05. The molecule has 31 heavy (non-hydrogen) atoms. The van der Waals surface area contributed by atoms with Crippen LogP contribution in [0, 0.1) is 0 Å². The third-order valence-corrected chi connectivity index (χ3v) is 6.31. The van der Waals surface area contributed by atoms with E-state index < -0.39 is 11.9 Å². The van der Waals surface area contributed by atoms with Crippen LogP contribution in [-0.4, -0.2) is 76.1 Å². The monoisotopic (exact) mass is 425 g/mol. The SMILES string of the molecule is O=C1CCC(N2Cc3cc(NC(=O)N4CCN(C5CC5)C(=O)C4)ccc3C2=O)C(=O)N1. The first kappa shape index (κ1) is 19.5. The summed E-state index contributed by atoms with van der Waals surface area (Å²) in [5, 5.41) is 5.09. The van der Waals surface area contributed by atoms with Crippen LogP contribution in [0.1, 0.15) is 41.6 Å². The van der Waals surface area contributed by atoms with E-state index in [2.05, 4.69) is 10.6 Å². The summed E-state index contributed by atoms with van der Waals surface area (Å²) < 4.78 is 0. The molecule has 0 radical (unpaired) electrons. The van der Waals surface area contributed by atoms with Gasteiger partial charge in [-0.05, 0) is 43.0 Å². The van der Waals surface area contributed by atoms with Crippen LogP contribution >= 0.6 is 0 Å². The normalized spacial score (nSPS) is 23.7. The van der Waals surface area contributed by atoms with Crippen molar-refractivity contribution in [3.8, 4) is 0 Å². The van der Waals surface area contributed by atoms with Crippen molar-refractivity contribution in [1.29, 1.82) is 0 Å². The molecule has 10 nitrogen and oxygen atoms in total. The molecular formula is C21H23N5O5. The molecule has 10 heteroatoms. The van der Waals surface area contributed by atoms with E-state index in [9.17, 15) is 24.0 Å². The van der Waals surface area contributed by atoms with Gasteiger partial charge >= 0.3 is 6.03 Å². The number of hydrogen-bond acceptors (Lipinski definition) is 5. The Kier molecular flexibility index (Phi) is 4.64. The summed E-state index contributed by atoms with van der Waals surface area (Å²) in [5.74, 6) is -1.07. The number of benzene rings is 1. The number of piperazine rings is 1. The zero-order chi connectivity index (χ0) is 21.7. The lowest BCUT2D eigenvalue weighted by Crippen LogP contribution is -2.53. The Bertz CT molecular complexity index is 1000. The molecule has 1 atom stereocenters. The summed E-state index contributed by atoms with van der Waals surface area (Å²) >= 11 is 0. The number of amides is 6. The first-order valence-electron chi connectivity index (χ1n) is 10.5. The van der Waals surface area contributed by atoms with Crippen LogP contribution in [-0.2, 0) is 20.9 Å². The number of carbonyl (C=O) groups is 5. The highest BCUT2D eigenvalue weighted by Crippen LogP contribution is 2.30. The number of nitrogens with one attached hydrogen (secondary N) is 2. The summed E-state index contributed by atoms with van der Waals surface area (Å²) in [4.78, 5) is 66.0. The van der Waals surface area contributed by atoms with Gasteiger partial charge < -0.3 is 20.0 Å². The van der Waals surface area contributed by atoms with Gasteiger partial charge in [0.25, 0.3) is 5.91 Å². The lowest BCUT2D eigenvalue weighted by atomic mass is 10.0. The maximum Gasteiger partial charge on any atom is 0.322 e. The van der Waals surface area contributed by atoms with Crippen molar-refractivity contribution in [2.45, 2.75) is 44.3 Å². The smallest absolute Gasteiger partial charge is 0.322 e. The van der Waals surface area contributed by atoms with E-state index in [-0.39, 0.29) is 43.3 Å². The zero-order valence-electron chi connectivity index (χ0n) is 16.9. The molecule has 4 aliphatic rings. The molecule has 0 aromatic heterocycles. The Morgan fingerprint density at radius 3 is 2.52 bits per heavy atom. The fraction of sp³-hybridized carbons (Fsp3) is 0.476. The van der Waals surface area contributed by atoms with Crippen molar-refractivity contribution in [3.05, 3.63) is 29.3 Å². The molecule has 1 unspecified atom stereocenters. The summed E-state index contributed by atoms with van der Waals surface area (Å²) in [6.45, 7) is 1.34. The molecule has 0 bridgehead atoms. The standard InChI is InChI=1S/C21H23N5O5/c27-17-6-5-16(19(29)23-17)26-10-12-9-13(1-4-15(12)20(26)30)22-21(31)24-7-8-25(14-2-3-14)18(28)11-24/h1,4,9,14,16H,2-3,5-8,10-11H2,(H,22,31)(H,23,27,29). The molecular weight excluding hydrogens is 402 g/mol. The predicted octanol–water partition coefficient (Wildman–Crippen LogP) is 0.286. The minimum atomic E-state index is -0.676. The highest BCUT2D eigenvalue weighted by atomic mass is 16.2. The molecule has 162 valence electrons. The summed E-state index contributed by atoms with van der Waals surface area (Å²) in [5.41, 5.74) is 1.72. The van der Waals surface area contributed by atoms with E-state index in [1.54, 1.807) is 18.2 Å². The van der Waals surface area contributed by atoms with Crippen LogP contribution in [0.3, 0.4) is 0 Å². The topological polar surface area (TPSA) is 119 Å². The maximum atomic E-state index is 12.8. The molecule has 1 aromatic carbocycles. The van der Waals surface area contributed by atoms with Gasteiger partial charge in [-0.1, -0.05) is 0 Å². The maximum absolute atomic E-state index is 12.8. The molecule has 1 aromatic rings. The van der Waals surface area contributed by atoms with E-state index >= 15 is 0 Å². The number of anilines is 1. The minimum absolute atomic E-state index is 0.0247. The first-order valence-corrected chi connectivity index (χ1v) is 10.5. The fourth-order valence-corrected chi connectivity index (χ4v) is 4.49. The molecule has 1 aliphatic carbocycles. The third-order valence-electron chi connectivity index (χ3n) is 6.31. The molecule has 0 spiro atoms. The second-order valence-electron chi connectivity index (χ2n) is 8.44. The first-order chi connectivity index (χ1) is 14.9. The highest BCUT2D eigenvalue weighted by Gasteiger charge is 2.39. The molecule has 1 saturated carbocycles. The predicted molar refractivity (Wildman–Crippen MR) is 108 cm³/mol. The van der Waals surface area contributed by atoms with Gasteiger partial charge in [-0.2, -0.15) is 0 Å². The van der Waals surface area contributed by atoms with Gasteiger partial charge in [-0.25, -0.2) is 4.79 Å². The summed E-state index contributed by atoms with van der Waals surface area (Å²) in [6, 6.07) is 4.32. The molecule has 6 amide bonds. The number of imide groups is 1. The lowest BCUT2D eigenvalue weighted by molar-refractivity contribution is -0.137. The zero-order valence-corrected chi connectivity index (χ0v) is 16.9. The molecule has 2 saturated heterocycles. The van der Waals surface area contributed by atoms with Crippen LogP contribution in [0.4, 0.5) is 10.5 Å². The van der Waals surface area contributed by atoms with Gasteiger partial charge in [0.1, 0.15) is 12.6 Å². The van der Waals surface area contributed by atoms with Crippen molar-refractivity contribution >= 4 is 35.3 Å². The Balaban J connectivity index is 1.24. The largest absolute Gasteiger partial charge is 0.336 e. The Hall–Kier alpha value is -3.43. The van der Waals surface area contributed by atoms with Crippen LogP contribution < -0.4 is 10.6 Å². The van der Waals surface area contributed by atoms with E-state index in [1.165, 1.54) is 9.80 Å². The second-order valence-corrected chi connectivity index (χ2v) is 8.44. The number of carbonyl (C=O) groups excluding carboxylic acids is 5. The number of rotatable bonds is 3. The Morgan fingerprint density at radius 2 is 1.81 bits per heavy atom. The van der Waals surface area contributed by atoms with E-state index in [4.69, 9.17) is 0 Å². The summed E-state index contributed by atoms with van der Waals surface area (Å²) in [6.07, 6.45) is 2.59. The van der Waals surface area contributed by atoms with Crippen molar-refractivity contribution in [2.24, 2.45) is 0 Å². The van der Waals surface area contributed by atoms with Crippen molar-refractivity contribution in [1.82, 2.24) is 20.0 Å². The molecule has 3 fully saturated rings. The molecule has 3 aliphatic heterocycles. The average Bonchev–Trinajstić information content (AvgIpc) is 3.52. The van der Waals surface area contributed by atoms with Crippen LogP contribution in [0.5, 0.6) is 0 Å². The number of urea groups is 1. The number of piperidine rings is 1. The Labute approximate surface area is 178 Å². The van der Waals surface area contributed by atoms with Crippen molar-refractivity contribution in [3.63, 3.8) is 0 Å². The van der Waals surface area contributed by atoms with E-state index in [0.29, 0.717) is 42.4 Å². The number of hydrogen-bond donors (Lipinski definition) is 2. The summed E-state index contributed by atoms with van der Waals surface area (Å²) in [7, 11) is 0. The molecule has 5 rings (SSSR count). The van der Waals surface area contributed by atoms with Gasteiger partial charge in [0.05, 0.1) is 0 Å². The van der Waals surface area contributed by atoms with Gasteiger partial charge in [0, 0.05) is 43.3 Å². The van der Waals surface area contributed by atoms with Gasteiger partial charge in [-0.3, -0.25) is 24.5 Å². The Morgan fingerprint density at radius 1 is 1.00 bits per heavy atom. The third kappa shape index (κ3) is 3.62. The van der Waals surface area contributed by atoms with Crippen LogP contribution in [0.2, 0.25) is 0 Å². The van der Waals surface area contributed by atoms with E-state index in [1.807, 2.05) is 4.90 Å². The second kappa shape index (κ2) is 7.36. The van der Waals surface area contributed by atoms with Crippen LogP contribution in [0.15, 0.2) is 18.2 Å². The average molecular weight is 425 g/mol. The van der Waals surface area contributed by atoms with E-state index in [0.717, 1.165) is 12.8 Å². The van der Waals surface area contributed by atoms with Gasteiger partial charge in [0.2, 0.25) is 17.7 Å². The molecule has 2 N–H and O–H groups in total. The minimum Gasteiger partial charge on any atom is -0.336 e. The lowest BCUT2D eigenvalue weighted by Gasteiger charge is -2.34. The van der Waals surface area contributed by atoms with Crippen LogP contribution in [0.25, 0.3) is 0 Å². The quantitative estimate of drug-likeness (QED) is 0.675. The van der Waals surface area contributed by atoms with Crippen molar-refractivity contribution in [2.75, 3.05) is 25.0 Å². The number of fused-ring (bicyclic) bond motifs is 1. The number of nitrogens with zero attached hydrogens (tertiary/aromatic N) is 3. The van der Waals surface area contributed by atoms with Crippen molar-refractivity contribution < 1.29 is 24.0 Å². The van der Waals surface area contributed by atoms with Gasteiger partial charge in [-0.15, -0.1) is 0 Å². The fourth-order valence-electron chi connectivity index (χ4n) is 4.49. The van der Waals surface area contributed by atoms with Gasteiger partial charge in [0.15, 0.2) is 0 Å².